The molecule has 0 aliphatic carbocycles. The largest absolute Gasteiger partial charge is 0.444 e. The van der Waals surface area contributed by atoms with Gasteiger partial charge in [-0.15, -0.1) is 0 Å². The molecular formula is C19H29NO3S. The van der Waals surface area contributed by atoms with Gasteiger partial charge in [-0.25, -0.2) is 4.79 Å². The van der Waals surface area contributed by atoms with E-state index in [2.05, 4.69) is 19.1 Å². The maximum Gasteiger partial charge on any atom is 0.410 e. The number of hydrogen-bond donors (Lipinski definition) is 0. The van der Waals surface area contributed by atoms with Gasteiger partial charge in [0.05, 0.1) is 0 Å². The summed E-state index contributed by atoms with van der Waals surface area (Å²) in [7, 11) is 0. The third-order valence-corrected chi connectivity index (χ3v) is 4.40. The second kappa shape index (κ2) is 10.4. The van der Waals surface area contributed by atoms with E-state index in [1.165, 1.54) is 5.56 Å². The molecule has 0 radical (unpaired) electrons. The number of carbonyl (C=O) groups is 2. The number of hydrogen-bond acceptors (Lipinski definition) is 4. The van der Waals surface area contributed by atoms with Crippen molar-refractivity contribution in [3.05, 3.63) is 35.9 Å². The lowest BCUT2D eigenvalue weighted by atomic mass is 10.0. The van der Waals surface area contributed by atoms with E-state index < -0.39 is 5.60 Å². The quantitative estimate of drug-likeness (QED) is 0.490. The number of thioether (sulfide) groups is 1. The predicted octanol–water partition coefficient (Wildman–Crippen LogP) is 4.35. The number of rotatable bonds is 9. The van der Waals surface area contributed by atoms with Gasteiger partial charge in [0.15, 0.2) is 0 Å². The third kappa shape index (κ3) is 8.39. The fraction of sp³-hybridized carbons (Fsp3) is 0.579. The normalized spacial score (nSPS) is 12.5. The molecule has 1 aromatic rings. The van der Waals surface area contributed by atoms with Crippen molar-refractivity contribution in [3.8, 4) is 0 Å². The van der Waals surface area contributed by atoms with Crippen LogP contribution in [0.2, 0.25) is 0 Å². The van der Waals surface area contributed by atoms with E-state index in [0.29, 0.717) is 19.5 Å². The van der Waals surface area contributed by atoms with Gasteiger partial charge >= 0.3 is 6.09 Å². The minimum absolute atomic E-state index is 0.235. The zero-order valence-corrected chi connectivity index (χ0v) is 16.0. The first-order valence-corrected chi connectivity index (χ1v) is 9.53. The second-order valence-electron chi connectivity index (χ2n) is 6.81. The molecular weight excluding hydrogens is 322 g/mol. The summed E-state index contributed by atoms with van der Waals surface area (Å²) in [6.45, 7) is 8.99. The Balaban J connectivity index is 2.65. The summed E-state index contributed by atoms with van der Waals surface area (Å²) in [6, 6.07) is 10.2. The van der Waals surface area contributed by atoms with E-state index in [0.717, 1.165) is 17.8 Å². The van der Waals surface area contributed by atoms with Gasteiger partial charge in [0.25, 0.3) is 0 Å². The van der Waals surface area contributed by atoms with Crippen LogP contribution in [0.5, 0.6) is 0 Å². The summed E-state index contributed by atoms with van der Waals surface area (Å²) in [5, 5.41) is 0. The standard InChI is InChI=1S/C19H29NO3S/c1-16(17-9-6-5-7-10-17)15-20(11-14-24-13-8-12-21)18(22)23-19(2,3)4/h5-7,9-10,12,16H,8,11,13-15H2,1-4H3/t16-/m0/s1. The summed E-state index contributed by atoms with van der Waals surface area (Å²) in [5.74, 6) is 1.83. The first kappa shape index (κ1) is 20.6. The van der Waals surface area contributed by atoms with Crippen molar-refractivity contribution in [1.29, 1.82) is 0 Å². The third-order valence-electron chi connectivity index (χ3n) is 3.40. The molecule has 0 bridgehead atoms. The Kier molecular flexibility index (Phi) is 8.90. The lowest BCUT2D eigenvalue weighted by molar-refractivity contribution is -0.107. The van der Waals surface area contributed by atoms with Gasteiger partial charge < -0.3 is 14.4 Å². The van der Waals surface area contributed by atoms with Crippen LogP contribution in [0, 0.1) is 0 Å². The number of nitrogens with zero attached hydrogens (tertiary/aromatic N) is 1. The molecule has 4 nitrogen and oxygen atoms in total. The predicted molar refractivity (Wildman–Crippen MR) is 101 cm³/mol. The van der Waals surface area contributed by atoms with Gasteiger partial charge in [0, 0.05) is 25.3 Å². The van der Waals surface area contributed by atoms with Crippen molar-refractivity contribution >= 4 is 24.1 Å². The lowest BCUT2D eigenvalue weighted by Crippen LogP contribution is -2.40. The minimum atomic E-state index is -0.504. The highest BCUT2D eigenvalue weighted by Gasteiger charge is 2.23. The van der Waals surface area contributed by atoms with Gasteiger partial charge in [-0.2, -0.15) is 11.8 Å². The summed E-state index contributed by atoms with van der Waals surface area (Å²) < 4.78 is 5.54. The number of carbonyl (C=O) groups excluding carboxylic acids is 2. The number of amides is 1. The van der Waals surface area contributed by atoms with Crippen LogP contribution in [-0.4, -0.2) is 47.5 Å². The summed E-state index contributed by atoms with van der Waals surface area (Å²) in [6.07, 6.45) is 1.20. The first-order chi connectivity index (χ1) is 11.3. The highest BCUT2D eigenvalue weighted by atomic mass is 32.2. The van der Waals surface area contributed by atoms with Crippen LogP contribution in [0.15, 0.2) is 30.3 Å². The molecule has 24 heavy (non-hydrogen) atoms. The van der Waals surface area contributed by atoms with Gasteiger partial charge in [0.1, 0.15) is 11.9 Å². The summed E-state index contributed by atoms with van der Waals surface area (Å²) >= 11 is 1.68. The first-order valence-electron chi connectivity index (χ1n) is 8.37. The molecule has 0 saturated carbocycles. The number of benzene rings is 1. The Morgan fingerprint density at radius 1 is 1.25 bits per heavy atom. The Morgan fingerprint density at radius 2 is 1.92 bits per heavy atom. The van der Waals surface area contributed by atoms with Crippen LogP contribution in [0.1, 0.15) is 45.6 Å². The highest BCUT2D eigenvalue weighted by molar-refractivity contribution is 7.99. The minimum Gasteiger partial charge on any atom is -0.444 e. The van der Waals surface area contributed by atoms with E-state index in [1.807, 2.05) is 39.0 Å². The van der Waals surface area contributed by atoms with E-state index in [-0.39, 0.29) is 12.0 Å². The van der Waals surface area contributed by atoms with Crippen molar-refractivity contribution in [2.45, 2.75) is 45.6 Å². The zero-order valence-electron chi connectivity index (χ0n) is 15.2. The molecule has 1 amide bonds. The van der Waals surface area contributed by atoms with E-state index in [1.54, 1.807) is 16.7 Å². The zero-order chi connectivity index (χ0) is 18.0. The molecule has 0 aliphatic heterocycles. The van der Waals surface area contributed by atoms with Crippen molar-refractivity contribution in [3.63, 3.8) is 0 Å². The Labute approximate surface area is 149 Å². The Morgan fingerprint density at radius 3 is 2.50 bits per heavy atom. The molecule has 1 aromatic carbocycles. The molecule has 0 saturated heterocycles. The Hall–Kier alpha value is -1.49. The van der Waals surface area contributed by atoms with E-state index in [9.17, 15) is 9.59 Å². The molecule has 134 valence electrons. The number of aldehydes is 1. The van der Waals surface area contributed by atoms with Crippen LogP contribution >= 0.6 is 11.8 Å². The van der Waals surface area contributed by atoms with Crippen molar-refractivity contribution in [2.24, 2.45) is 0 Å². The van der Waals surface area contributed by atoms with E-state index in [4.69, 9.17) is 4.74 Å². The van der Waals surface area contributed by atoms with Gasteiger partial charge in [0.2, 0.25) is 0 Å². The molecule has 5 heteroatoms. The molecule has 0 aromatic heterocycles. The molecule has 0 heterocycles. The van der Waals surface area contributed by atoms with Crippen LogP contribution < -0.4 is 0 Å². The monoisotopic (exact) mass is 351 g/mol. The summed E-state index contributed by atoms with van der Waals surface area (Å²) in [4.78, 5) is 24.6. The molecule has 1 atom stereocenters. The average Bonchev–Trinajstić information content (AvgIpc) is 2.52. The summed E-state index contributed by atoms with van der Waals surface area (Å²) in [5.41, 5.74) is 0.704. The van der Waals surface area contributed by atoms with Crippen molar-refractivity contribution < 1.29 is 14.3 Å². The van der Waals surface area contributed by atoms with Gasteiger partial charge in [-0.3, -0.25) is 0 Å². The molecule has 0 fully saturated rings. The molecule has 0 unspecified atom stereocenters. The van der Waals surface area contributed by atoms with Crippen LogP contribution in [0.25, 0.3) is 0 Å². The molecule has 1 rings (SSSR count). The lowest BCUT2D eigenvalue weighted by Gasteiger charge is -2.29. The second-order valence-corrected chi connectivity index (χ2v) is 8.03. The molecule has 0 aliphatic rings. The maximum atomic E-state index is 12.5. The van der Waals surface area contributed by atoms with E-state index >= 15 is 0 Å². The topological polar surface area (TPSA) is 46.6 Å². The SMILES string of the molecule is C[C@@H](CN(CCSCCC=O)C(=O)OC(C)(C)C)c1ccccc1. The van der Waals surface area contributed by atoms with Gasteiger partial charge in [-0.05, 0) is 38.0 Å². The smallest absolute Gasteiger partial charge is 0.410 e. The van der Waals surface area contributed by atoms with Crippen LogP contribution in [0.4, 0.5) is 4.79 Å². The average molecular weight is 352 g/mol. The van der Waals surface area contributed by atoms with Crippen molar-refractivity contribution in [1.82, 2.24) is 4.90 Å². The fourth-order valence-corrected chi connectivity index (χ4v) is 3.03. The van der Waals surface area contributed by atoms with Crippen LogP contribution in [0.3, 0.4) is 0 Å². The van der Waals surface area contributed by atoms with Crippen LogP contribution in [-0.2, 0) is 9.53 Å². The van der Waals surface area contributed by atoms with Gasteiger partial charge in [-0.1, -0.05) is 37.3 Å². The maximum absolute atomic E-state index is 12.5. The fourth-order valence-electron chi connectivity index (χ4n) is 2.21. The number of ether oxygens (including phenoxy) is 1. The molecule has 0 N–H and O–H groups in total. The van der Waals surface area contributed by atoms with Crippen molar-refractivity contribution in [2.75, 3.05) is 24.6 Å². The molecule has 0 spiro atoms. The Bertz CT molecular complexity index is 499. The highest BCUT2D eigenvalue weighted by Crippen LogP contribution is 2.18.